The Morgan fingerprint density at radius 1 is 1.52 bits per heavy atom. The molecule has 3 rings (SSSR count). The zero-order valence-corrected chi connectivity index (χ0v) is 12.4. The lowest BCUT2D eigenvalue weighted by Gasteiger charge is -2.29. The standard InChI is InChI=1S/C16H22N2O3/c1-20-16(7-9-21-11-16)10-18-15(19)13-6-8-17-14-5-3-2-4-12(13)14/h2-5,13,17H,6-11H2,1H3,(H,18,19). The maximum absolute atomic E-state index is 12.5. The molecule has 2 N–H and O–H groups in total. The van der Waals surface area contributed by atoms with Crippen molar-refractivity contribution in [3.05, 3.63) is 29.8 Å². The number of carbonyl (C=O) groups is 1. The number of carbonyl (C=O) groups excluding carboxylic acids is 1. The molecule has 1 aromatic carbocycles. The van der Waals surface area contributed by atoms with Gasteiger partial charge in [-0.25, -0.2) is 0 Å². The molecule has 2 unspecified atom stereocenters. The highest BCUT2D eigenvalue weighted by atomic mass is 16.5. The number of para-hydroxylation sites is 1. The van der Waals surface area contributed by atoms with Crippen LogP contribution in [0, 0.1) is 0 Å². The highest BCUT2D eigenvalue weighted by Crippen LogP contribution is 2.31. The van der Waals surface area contributed by atoms with Crippen molar-refractivity contribution in [2.75, 3.05) is 38.7 Å². The van der Waals surface area contributed by atoms with Crippen molar-refractivity contribution < 1.29 is 14.3 Å². The monoisotopic (exact) mass is 290 g/mol. The molecule has 1 amide bonds. The molecule has 5 heteroatoms. The van der Waals surface area contributed by atoms with E-state index in [2.05, 4.69) is 10.6 Å². The Kier molecular flexibility index (Phi) is 4.12. The van der Waals surface area contributed by atoms with E-state index >= 15 is 0 Å². The molecule has 1 aromatic rings. The smallest absolute Gasteiger partial charge is 0.227 e. The SMILES string of the molecule is COC1(CNC(=O)C2CCNc3ccccc32)CCOC1. The first-order chi connectivity index (χ1) is 10.2. The third kappa shape index (κ3) is 2.89. The summed E-state index contributed by atoms with van der Waals surface area (Å²) in [5.41, 5.74) is 1.78. The molecule has 0 aliphatic carbocycles. The van der Waals surface area contributed by atoms with Crippen molar-refractivity contribution in [1.82, 2.24) is 5.32 Å². The number of ether oxygens (including phenoxy) is 2. The number of nitrogens with one attached hydrogen (secondary N) is 2. The van der Waals surface area contributed by atoms with Gasteiger partial charge in [0.25, 0.3) is 0 Å². The molecule has 1 fully saturated rings. The average Bonchev–Trinajstić information content (AvgIpc) is 3.01. The van der Waals surface area contributed by atoms with Gasteiger partial charge in [0.1, 0.15) is 5.60 Å². The first-order valence-corrected chi connectivity index (χ1v) is 7.47. The Morgan fingerprint density at radius 2 is 2.38 bits per heavy atom. The largest absolute Gasteiger partial charge is 0.385 e. The summed E-state index contributed by atoms with van der Waals surface area (Å²) in [6.45, 7) is 2.58. The predicted molar refractivity (Wildman–Crippen MR) is 80.5 cm³/mol. The van der Waals surface area contributed by atoms with Crippen LogP contribution >= 0.6 is 0 Å². The highest BCUT2D eigenvalue weighted by molar-refractivity contribution is 5.86. The van der Waals surface area contributed by atoms with Gasteiger partial charge in [0, 0.05) is 38.9 Å². The molecule has 21 heavy (non-hydrogen) atoms. The van der Waals surface area contributed by atoms with Crippen LogP contribution in [-0.4, -0.2) is 44.9 Å². The molecule has 2 heterocycles. The fourth-order valence-corrected chi connectivity index (χ4v) is 3.07. The number of hydrogen-bond donors (Lipinski definition) is 2. The number of amides is 1. The molecule has 0 radical (unpaired) electrons. The fourth-order valence-electron chi connectivity index (χ4n) is 3.07. The van der Waals surface area contributed by atoms with Gasteiger partial charge in [-0.05, 0) is 18.1 Å². The lowest BCUT2D eigenvalue weighted by Crippen LogP contribution is -2.46. The lowest BCUT2D eigenvalue weighted by atomic mass is 9.90. The second kappa shape index (κ2) is 6.03. The van der Waals surface area contributed by atoms with Crippen LogP contribution in [0.15, 0.2) is 24.3 Å². The molecule has 2 atom stereocenters. The minimum absolute atomic E-state index is 0.0762. The van der Waals surface area contributed by atoms with E-state index in [0.29, 0.717) is 19.8 Å². The van der Waals surface area contributed by atoms with Gasteiger partial charge in [0.15, 0.2) is 0 Å². The Bertz CT molecular complexity index is 512. The Morgan fingerprint density at radius 3 is 3.14 bits per heavy atom. The zero-order valence-electron chi connectivity index (χ0n) is 12.4. The van der Waals surface area contributed by atoms with Crippen LogP contribution < -0.4 is 10.6 Å². The second-order valence-corrected chi connectivity index (χ2v) is 5.76. The summed E-state index contributed by atoms with van der Waals surface area (Å²) in [5, 5.41) is 6.39. The topological polar surface area (TPSA) is 59.6 Å². The number of rotatable bonds is 4. The lowest BCUT2D eigenvalue weighted by molar-refractivity contribution is -0.124. The van der Waals surface area contributed by atoms with Crippen LogP contribution in [0.1, 0.15) is 24.3 Å². The van der Waals surface area contributed by atoms with Crippen LogP contribution in [0.3, 0.4) is 0 Å². The molecular weight excluding hydrogens is 268 g/mol. The molecule has 1 saturated heterocycles. The third-order valence-electron chi connectivity index (χ3n) is 4.49. The minimum Gasteiger partial charge on any atom is -0.385 e. The van der Waals surface area contributed by atoms with Crippen LogP contribution in [0.5, 0.6) is 0 Å². The summed E-state index contributed by atoms with van der Waals surface area (Å²) < 4.78 is 11.0. The molecule has 5 nitrogen and oxygen atoms in total. The quantitative estimate of drug-likeness (QED) is 0.882. The third-order valence-corrected chi connectivity index (χ3v) is 4.49. The summed E-state index contributed by atoms with van der Waals surface area (Å²) in [5.74, 6) is -0.00838. The van der Waals surface area contributed by atoms with Gasteiger partial charge in [0.05, 0.1) is 12.5 Å². The van der Waals surface area contributed by atoms with Crippen LogP contribution in [0.4, 0.5) is 5.69 Å². The average molecular weight is 290 g/mol. The summed E-state index contributed by atoms with van der Waals surface area (Å²) in [4.78, 5) is 12.5. The number of hydrogen-bond acceptors (Lipinski definition) is 4. The second-order valence-electron chi connectivity index (χ2n) is 5.76. The van der Waals surface area contributed by atoms with E-state index in [1.807, 2.05) is 24.3 Å². The molecule has 2 aliphatic heterocycles. The van der Waals surface area contributed by atoms with E-state index in [9.17, 15) is 4.79 Å². The summed E-state index contributed by atoms with van der Waals surface area (Å²) in [6.07, 6.45) is 1.64. The highest BCUT2D eigenvalue weighted by Gasteiger charge is 2.36. The van der Waals surface area contributed by atoms with Crippen LogP contribution in [-0.2, 0) is 14.3 Å². The maximum Gasteiger partial charge on any atom is 0.227 e. The molecule has 0 spiro atoms. The van der Waals surface area contributed by atoms with Crippen molar-refractivity contribution >= 4 is 11.6 Å². The van der Waals surface area contributed by atoms with E-state index in [4.69, 9.17) is 9.47 Å². The number of benzene rings is 1. The van der Waals surface area contributed by atoms with Gasteiger partial charge in [-0.2, -0.15) is 0 Å². The van der Waals surface area contributed by atoms with Crippen LogP contribution in [0.25, 0.3) is 0 Å². The molecule has 2 aliphatic rings. The number of anilines is 1. The van der Waals surface area contributed by atoms with Crippen LogP contribution in [0.2, 0.25) is 0 Å². The van der Waals surface area contributed by atoms with E-state index in [0.717, 1.165) is 30.6 Å². The van der Waals surface area contributed by atoms with Crippen molar-refractivity contribution in [1.29, 1.82) is 0 Å². The van der Waals surface area contributed by atoms with Gasteiger partial charge in [0.2, 0.25) is 5.91 Å². The Balaban J connectivity index is 1.66. The van der Waals surface area contributed by atoms with Gasteiger partial charge < -0.3 is 20.1 Å². The summed E-state index contributed by atoms with van der Waals surface area (Å²) in [7, 11) is 1.68. The molecule has 0 aromatic heterocycles. The van der Waals surface area contributed by atoms with E-state index in [1.54, 1.807) is 7.11 Å². The van der Waals surface area contributed by atoms with Gasteiger partial charge >= 0.3 is 0 Å². The molecule has 0 saturated carbocycles. The van der Waals surface area contributed by atoms with Crippen molar-refractivity contribution in [3.8, 4) is 0 Å². The van der Waals surface area contributed by atoms with E-state index in [-0.39, 0.29) is 17.4 Å². The fraction of sp³-hybridized carbons (Fsp3) is 0.562. The minimum atomic E-state index is -0.359. The molecular formula is C16H22N2O3. The first-order valence-electron chi connectivity index (χ1n) is 7.47. The van der Waals surface area contributed by atoms with E-state index in [1.165, 1.54) is 0 Å². The predicted octanol–water partition coefficient (Wildman–Crippen LogP) is 1.51. The van der Waals surface area contributed by atoms with Crippen molar-refractivity contribution in [2.45, 2.75) is 24.4 Å². The number of methoxy groups -OCH3 is 1. The maximum atomic E-state index is 12.5. The Labute approximate surface area is 125 Å². The van der Waals surface area contributed by atoms with Gasteiger partial charge in [-0.3, -0.25) is 4.79 Å². The van der Waals surface area contributed by atoms with Gasteiger partial charge in [-0.1, -0.05) is 18.2 Å². The van der Waals surface area contributed by atoms with Crippen molar-refractivity contribution in [2.24, 2.45) is 0 Å². The normalized spacial score (nSPS) is 27.8. The summed E-state index contributed by atoms with van der Waals surface area (Å²) >= 11 is 0. The molecule has 0 bridgehead atoms. The van der Waals surface area contributed by atoms with Crippen molar-refractivity contribution in [3.63, 3.8) is 0 Å². The first kappa shape index (κ1) is 14.4. The van der Waals surface area contributed by atoms with Gasteiger partial charge in [-0.15, -0.1) is 0 Å². The Hall–Kier alpha value is -1.59. The summed E-state index contributed by atoms with van der Waals surface area (Å²) in [6, 6.07) is 8.02. The number of fused-ring (bicyclic) bond motifs is 1. The zero-order chi connectivity index (χ0) is 14.7. The van der Waals surface area contributed by atoms with E-state index < -0.39 is 0 Å². The molecule has 114 valence electrons.